The van der Waals surface area contributed by atoms with Gasteiger partial charge >= 0.3 is 0 Å². The van der Waals surface area contributed by atoms with Crippen molar-refractivity contribution in [1.29, 1.82) is 0 Å². The number of rotatable bonds is 2. The monoisotopic (exact) mass is 230 g/mol. The van der Waals surface area contributed by atoms with Gasteiger partial charge in [-0.2, -0.15) is 0 Å². The maximum absolute atomic E-state index is 12.2. The molecule has 2 fully saturated rings. The lowest BCUT2D eigenvalue weighted by atomic mass is 10.1. The summed E-state index contributed by atoms with van der Waals surface area (Å²) in [4.78, 5) is 14.1. The second-order valence-electron chi connectivity index (χ2n) is 5.19. The lowest BCUT2D eigenvalue weighted by Crippen LogP contribution is -2.33. The highest BCUT2D eigenvalue weighted by molar-refractivity contribution is 5.83. The molecule has 2 N–H and O–H groups in total. The summed E-state index contributed by atoms with van der Waals surface area (Å²) in [5, 5.41) is 0. The molecule has 17 heavy (non-hydrogen) atoms. The maximum Gasteiger partial charge on any atom is 0.226 e. The highest BCUT2D eigenvalue weighted by Crippen LogP contribution is 2.48. The number of carbonyl (C=O) groups excluding carboxylic acids is 1. The molecule has 0 bridgehead atoms. The number of benzene rings is 1. The van der Waals surface area contributed by atoms with Crippen molar-refractivity contribution in [2.45, 2.75) is 24.8 Å². The fraction of sp³-hybridized carbons (Fsp3) is 0.500. The summed E-state index contributed by atoms with van der Waals surface area (Å²) < 4.78 is 0. The number of carbonyl (C=O) groups is 1. The zero-order chi connectivity index (χ0) is 11.8. The van der Waals surface area contributed by atoms with E-state index in [0.717, 1.165) is 25.9 Å². The van der Waals surface area contributed by atoms with Crippen LogP contribution in [0.2, 0.25) is 0 Å². The Morgan fingerprint density at radius 2 is 2.06 bits per heavy atom. The summed E-state index contributed by atoms with van der Waals surface area (Å²) in [7, 11) is 0. The Bertz CT molecular complexity index is 417. The van der Waals surface area contributed by atoms with E-state index in [4.69, 9.17) is 5.73 Å². The van der Waals surface area contributed by atoms with Gasteiger partial charge in [-0.05, 0) is 24.3 Å². The van der Waals surface area contributed by atoms with E-state index < -0.39 is 0 Å². The lowest BCUT2D eigenvalue weighted by molar-refractivity contribution is -0.131. The Labute approximate surface area is 102 Å². The molecule has 1 amide bonds. The van der Waals surface area contributed by atoms with Gasteiger partial charge in [0.15, 0.2) is 0 Å². The van der Waals surface area contributed by atoms with Crippen molar-refractivity contribution in [3.63, 3.8) is 0 Å². The zero-order valence-electron chi connectivity index (χ0n) is 9.88. The molecule has 2 aliphatic rings. The largest absolute Gasteiger partial charge is 0.341 e. The van der Waals surface area contributed by atoms with Gasteiger partial charge in [0.1, 0.15) is 0 Å². The molecule has 2 unspecified atom stereocenters. The summed E-state index contributed by atoms with van der Waals surface area (Å²) in [6.45, 7) is 1.59. The van der Waals surface area contributed by atoms with Gasteiger partial charge in [0, 0.05) is 25.0 Å². The second-order valence-corrected chi connectivity index (χ2v) is 5.19. The van der Waals surface area contributed by atoms with E-state index in [1.807, 2.05) is 23.1 Å². The van der Waals surface area contributed by atoms with Gasteiger partial charge in [0.2, 0.25) is 5.91 Å². The molecule has 90 valence electrons. The van der Waals surface area contributed by atoms with E-state index in [1.165, 1.54) is 5.56 Å². The quantitative estimate of drug-likeness (QED) is 0.833. The van der Waals surface area contributed by atoms with Gasteiger partial charge in [0.05, 0.1) is 0 Å². The number of hydrogen-bond donors (Lipinski definition) is 1. The third kappa shape index (κ3) is 2.07. The predicted octanol–water partition coefficient (Wildman–Crippen LogP) is 1.35. The minimum Gasteiger partial charge on any atom is -0.341 e. The number of amides is 1. The van der Waals surface area contributed by atoms with Crippen LogP contribution in [0.25, 0.3) is 0 Å². The van der Waals surface area contributed by atoms with Gasteiger partial charge in [-0.15, -0.1) is 0 Å². The molecule has 3 nitrogen and oxygen atoms in total. The second kappa shape index (κ2) is 4.15. The fourth-order valence-electron chi connectivity index (χ4n) is 2.76. The average Bonchev–Trinajstić information content (AvgIpc) is 3.05. The summed E-state index contributed by atoms with van der Waals surface area (Å²) in [6.07, 6.45) is 1.96. The number of likely N-dealkylation sites (tertiary alicyclic amines) is 1. The Morgan fingerprint density at radius 3 is 2.71 bits per heavy atom. The standard InChI is InChI=1S/C14H18N2O/c15-11-6-7-16(9-11)14(17)13-8-12(13)10-4-2-1-3-5-10/h1-5,11-13H,6-9,15H2/t11-,12?,13?/m1/s1. The predicted molar refractivity (Wildman–Crippen MR) is 66.5 cm³/mol. The zero-order valence-corrected chi connectivity index (χ0v) is 9.88. The van der Waals surface area contributed by atoms with Gasteiger partial charge < -0.3 is 10.6 Å². The van der Waals surface area contributed by atoms with Crippen molar-refractivity contribution >= 4 is 5.91 Å². The maximum atomic E-state index is 12.2. The fourth-order valence-corrected chi connectivity index (χ4v) is 2.76. The Hall–Kier alpha value is -1.35. The van der Waals surface area contributed by atoms with Crippen LogP contribution in [0.3, 0.4) is 0 Å². The SMILES string of the molecule is N[C@@H]1CCN(C(=O)C2CC2c2ccccc2)C1. The molecule has 1 aliphatic carbocycles. The van der Waals surface area contributed by atoms with Gasteiger partial charge in [-0.25, -0.2) is 0 Å². The normalized spacial score (nSPS) is 31.6. The van der Waals surface area contributed by atoms with Crippen LogP contribution in [-0.4, -0.2) is 29.9 Å². The van der Waals surface area contributed by atoms with E-state index in [0.29, 0.717) is 11.8 Å². The van der Waals surface area contributed by atoms with Gasteiger partial charge in [-0.1, -0.05) is 30.3 Å². The van der Waals surface area contributed by atoms with Crippen LogP contribution in [0.5, 0.6) is 0 Å². The first-order valence-electron chi connectivity index (χ1n) is 6.35. The summed E-state index contributed by atoms with van der Waals surface area (Å²) in [5.41, 5.74) is 7.14. The molecule has 1 aromatic rings. The third-order valence-corrected chi connectivity index (χ3v) is 3.87. The highest BCUT2D eigenvalue weighted by Gasteiger charge is 2.46. The van der Waals surface area contributed by atoms with Gasteiger partial charge in [-0.3, -0.25) is 4.79 Å². The van der Waals surface area contributed by atoms with Crippen LogP contribution < -0.4 is 5.73 Å². The molecule has 0 radical (unpaired) electrons. The van der Waals surface area contributed by atoms with Crippen LogP contribution in [-0.2, 0) is 4.79 Å². The lowest BCUT2D eigenvalue weighted by Gasteiger charge is -2.15. The average molecular weight is 230 g/mol. The Balaban J connectivity index is 1.63. The molecule has 1 saturated heterocycles. The van der Waals surface area contributed by atoms with Crippen LogP contribution in [0.4, 0.5) is 0 Å². The number of hydrogen-bond acceptors (Lipinski definition) is 2. The van der Waals surface area contributed by atoms with Crippen LogP contribution in [0.15, 0.2) is 30.3 Å². The van der Waals surface area contributed by atoms with E-state index in [2.05, 4.69) is 12.1 Å². The molecule has 0 spiro atoms. The summed E-state index contributed by atoms with van der Waals surface area (Å²) >= 11 is 0. The highest BCUT2D eigenvalue weighted by atomic mass is 16.2. The molecule has 1 saturated carbocycles. The van der Waals surface area contributed by atoms with Crippen LogP contribution >= 0.6 is 0 Å². The van der Waals surface area contributed by atoms with E-state index in [-0.39, 0.29) is 12.0 Å². The van der Waals surface area contributed by atoms with Crippen molar-refractivity contribution in [2.24, 2.45) is 11.7 Å². The molecule has 3 rings (SSSR count). The molecule has 3 heteroatoms. The van der Waals surface area contributed by atoms with E-state index in [1.54, 1.807) is 0 Å². The smallest absolute Gasteiger partial charge is 0.226 e. The number of nitrogens with two attached hydrogens (primary N) is 1. The number of nitrogens with zero attached hydrogens (tertiary/aromatic N) is 1. The van der Waals surface area contributed by atoms with Gasteiger partial charge in [0.25, 0.3) is 0 Å². The van der Waals surface area contributed by atoms with Crippen molar-refractivity contribution in [3.8, 4) is 0 Å². The Morgan fingerprint density at radius 1 is 1.29 bits per heavy atom. The Kier molecular flexibility index (Phi) is 2.63. The molecule has 1 aromatic carbocycles. The topological polar surface area (TPSA) is 46.3 Å². The molecule has 0 aromatic heterocycles. The van der Waals surface area contributed by atoms with Crippen molar-refractivity contribution in [2.75, 3.05) is 13.1 Å². The molecule has 1 heterocycles. The van der Waals surface area contributed by atoms with E-state index >= 15 is 0 Å². The van der Waals surface area contributed by atoms with Crippen LogP contribution in [0, 0.1) is 5.92 Å². The first kappa shape index (κ1) is 10.8. The van der Waals surface area contributed by atoms with Crippen molar-refractivity contribution in [3.05, 3.63) is 35.9 Å². The molecule has 3 atom stereocenters. The van der Waals surface area contributed by atoms with Crippen molar-refractivity contribution in [1.82, 2.24) is 4.90 Å². The minimum absolute atomic E-state index is 0.188. The molecule has 1 aliphatic heterocycles. The van der Waals surface area contributed by atoms with E-state index in [9.17, 15) is 4.79 Å². The molecular weight excluding hydrogens is 212 g/mol. The van der Waals surface area contributed by atoms with Crippen molar-refractivity contribution < 1.29 is 4.79 Å². The molecular formula is C14H18N2O. The third-order valence-electron chi connectivity index (χ3n) is 3.87. The van der Waals surface area contributed by atoms with Crippen LogP contribution in [0.1, 0.15) is 24.3 Å². The first-order valence-corrected chi connectivity index (χ1v) is 6.35. The summed E-state index contributed by atoms with van der Waals surface area (Å²) in [6, 6.07) is 10.5. The minimum atomic E-state index is 0.188. The first-order chi connectivity index (χ1) is 8.25. The summed E-state index contributed by atoms with van der Waals surface area (Å²) in [5.74, 6) is 0.968.